The van der Waals surface area contributed by atoms with Gasteiger partial charge in [0.2, 0.25) is 0 Å². The SMILES string of the molecule is CC(C)NCc1cn(CCCCC#N)cn1. The number of aromatic nitrogens is 2. The molecule has 0 bridgehead atoms. The number of nitrogens with zero attached hydrogens (tertiary/aromatic N) is 3. The van der Waals surface area contributed by atoms with E-state index in [-0.39, 0.29) is 0 Å². The van der Waals surface area contributed by atoms with E-state index in [1.165, 1.54) is 0 Å². The molecule has 0 amide bonds. The molecule has 0 fully saturated rings. The number of hydrogen-bond donors (Lipinski definition) is 1. The van der Waals surface area contributed by atoms with Crippen LogP contribution in [0.1, 0.15) is 38.8 Å². The minimum absolute atomic E-state index is 0.487. The topological polar surface area (TPSA) is 53.6 Å². The molecular formula is C12H20N4. The molecule has 1 rings (SSSR count). The highest BCUT2D eigenvalue weighted by molar-refractivity contribution is 4.96. The Morgan fingerprint density at radius 3 is 3.00 bits per heavy atom. The summed E-state index contributed by atoms with van der Waals surface area (Å²) in [4.78, 5) is 4.32. The van der Waals surface area contributed by atoms with Crippen LogP contribution in [-0.4, -0.2) is 15.6 Å². The summed E-state index contributed by atoms with van der Waals surface area (Å²) in [5.41, 5.74) is 1.08. The van der Waals surface area contributed by atoms with Crippen LogP contribution in [-0.2, 0) is 13.1 Å². The quantitative estimate of drug-likeness (QED) is 0.716. The van der Waals surface area contributed by atoms with Crippen molar-refractivity contribution >= 4 is 0 Å². The van der Waals surface area contributed by atoms with Crippen LogP contribution >= 0.6 is 0 Å². The smallest absolute Gasteiger partial charge is 0.0949 e. The molecule has 16 heavy (non-hydrogen) atoms. The first-order chi connectivity index (χ1) is 7.72. The van der Waals surface area contributed by atoms with Crippen LogP contribution in [0.3, 0.4) is 0 Å². The molecular weight excluding hydrogens is 200 g/mol. The molecule has 88 valence electrons. The van der Waals surface area contributed by atoms with Gasteiger partial charge in [0.1, 0.15) is 0 Å². The summed E-state index contributed by atoms with van der Waals surface area (Å²) in [7, 11) is 0. The van der Waals surface area contributed by atoms with E-state index in [0.29, 0.717) is 12.5 Å². The van der Waals surface area contributed by atoms with Gasteiger partial charge < -0.3 is 9.88 Å². The predicted molar refractivity (Wildman–Crippen MR) is 63.7 cm³/mol. The minimum Gasteiger partial charge on any atom is -0.337 e. The van der Waals surface area contributed by atoms with Gasteiger partial charge in [0.25, 0.3) is 0 Å². The number of nitrogens with one attached hydrogen (secondary N) is 1. The normalized spacial score (nSPS) is 10.6. The third-order valence-electron chi connectivity index (χ3n) is 2.33. The Balaban J connectivity index is 2.26. The Morgan fingerprint density at radius 1 is 1.50 bits per heavy atom. The van der Waals surface area contributed by atoms with Crippen molar-refractivity contribution in [3.05, 3.63) is 18.2 Å². The fourth-order valence-electron chi connectivity index (χ4n) is 1.43. The average molecular weight is 220 g/mol. The van der Waals surface area contributed by atoms with E-state index in [4.69, 9.17) is 5.26 Å². The van der Waals surface area contributed by atoms with Crippen molar-refractivity contribution in [2.45, 2.75) is 52.2 Å². The maximum Gasteiger partial charge on any atom is 0.0949 e. The van der Waals surface area contributed by atoms with Gasteiger partial charge in [-0.2, -0.15) is 5.26 Å². The van der Waals surface area contributed by atoms with Gasteiger partial charge in [0, 0.05) is 31.7 Å². The zero-order chi connectivity index (χ0) is 11.8. The lowest BCUT2D eigenvalue weighted by molar-refractivity contribution is 0.580. The molecule has 0 saturated carbocycles. The first-order valence-corrected chi connectivity index (χ1v) is 5.83. The van der Waals surface area contributed by atoms with E-state index < -0.39 is 0 Å². The highest BCUT2D eigenvalue weighted by atomic mass is 15.0. The molecule has 0 unspecified atom stereocenters. The van der Waals surface area contributed by atoms with Crippen LogP contribution in [0.5, 0.6) is 0 Å². The number of aryl methyl sites for hydroxylation is 1. The monoisotopic (exact) mass is 220 g/mol. The largest absolute Gasteiger partial charge is 0.337 e. The van der Waals surface area contributed by atoms with Gasteiger partial charge in [-0.05, 0) is 12.8 Å². The second-order valence-electron chi connectivity index (χ2n) is 4.25. The number of imidazole rings is 1. The first kappa shape index (κ1) is 12.7. The Hall–Kier alpha value is -1.34. The summed E-state index contributed by atoms with van der Waals surface area (Å²) < 4.78 is 2.09. The molecule has 0 aromatic carbocycles. The predicted octanol–water partition coefficient (Wildman–Crippen LogP) is 2.07. The number of rotatable bonds is 7. The average Bonchev–Trinajstić information content (AvgIpc) is 2.70. The third kappa shape index (κ3) is 4.94. The molecule has 0 aliphatic rings. The first-order valence-electron chi connectivity index (χ1n) is 5.83. The van der Waals surface area contributed by atoms with E-state index in [1.807, 2.05) is 6.33 Å². The van der Waals surface area contributed by atoms with Gasteiger partial charge in [-0.15, -0.1) is 0 Å². The third-order valence-corrected chi connectivity index (χ3v) is 2.33. The maximum absolute atomic E-state index is 8.41. The Kier molecular flexibility index (Phi) is 5.58. The molecule has 4 nitrogen and oxygen atoms in total. The van der Waals surface area contributed by atoms with Crippen molar-refractivity contribution in [2.24, 2.45) is 0 Å². The number of nitriles is 1. The van der Waals surface area contributed by atoms with Crippen molar-refractivity contribution in [3.8, 4) is 6.07 Å². The molecule has 0 radical (unpaired) electrons. The second-order valence-corrected chi connectivity index (χ2v) is 4.25. The van der Waals surface area contributed by atoms with Gasteiger partial charge in [-0.25, -0.2) is 4.98 Å². The Labute approximate surface area is 97.3 Å². The lowest BCUT2D eigenvalue weighted by Gasteiger charge is -2.04. The van der Waals surface area contributed by atoms with Crippen LogP contribution in [0.2, 0.25) is 0 Å². The van der Waals surface area contributed by atoms with Gasteiger partial charge in [0.05, 0.1) is 18.1 Å². The molecule has 0 aliphatic carbocycles. The molecule has 0 aliphatic heterocycles. The summed E-state index contributed by atoms with van der Waals surface area (Å²) in [6.07, 6.45) is 6.59. The zero-order valence-electron chi connectivity index (χ0n) is 10.1. The van der Waals surface area contributed by atoms with Crippen molar-refractivity contribution < 1.29 is 0 Å². The molecule has 0 saturated heterocycles. The van der Waals surface area contributed by atoms with Crippen LogP contribution in [0.25, 0.3) is 0 Å². The summed E-state index contributed by atoms with van der Waals surface area (Å²) in [6.45, 7) is 6.02. The van der Waals surface area contributed by atoms with Gasteiger partial charge >= 0.3 is 0 Å². The lowest BCUT2D eigenvalue weighted by atomic mass is 10.2. The van der Waals surface area contributed by atoms with Crippen LogP contribution in [0.15, 0.2) is 12.5 Å². The molecule has 1 aromatic rings. The van der Waals surface area contributed by atoms with E-state index in [1.54, 1.807) is 0 Å². The van der Waals surface area contributed by atoms with E-state index in [2.05, 4.69) is 41.0 Å². The molecule has 0 atom stereocenters. The number of hydrogen-bond acceptors (Lipinski definition) is 3. The summed E-state index contributed by atoms with van der Waals surface area (Å²) in [5, 5.41) is 11.7. The standard InChI is InChI=1S/C12H20N4/c1-11(2)14-8-12-9-16(10-15-12)7-5-3-4-6-13/h9-11,14H,3-5,7-8H2,1-2H3. The highest BCUT2D eigenvalue weighted by Gasteiger charge is 1.99. The van der Waals surface area contributed by atoms with Crippen molar-refractivity contribution in [2.75, 3.05) is 0 Å². The van der Waals surface area contributed by atoms with Crippen LogP contribution in [0, 0.1) is 11.3 Å². The van der Waals surface area contributed by atoms with Gasteiger partial charge in [0.15, 0.2) is 0 Å². The Bertz CT molecular complexity index is 335. The fourth-order valence-corrected chi connectivity index (χ4v) is 1.43. The maximum atomic E-state index is 8.41. The van der Waals surface area contributed by atoms with Crippen molar-refractivity contribution in [1.82, 2.24) is 14.9 Å². The zero-order valence-corrected chi connectivity index (χ0v) is 10.1. The van der Waals surface area contributed by atoms with E-state index >= 15 is 0 Å². The van der Waals surface area contributed by atoms with Crippen molar-refractivity contribution in [3.63, 3.8) is 0 Å². The molecule has 1 heterocycles. The summed E-state index contributed by atoms with van der Waals surface area (Å²) in [5.74, 6) is 0. The minimum atomic E-state index is 0.487. The second kappa shape index (κ2) is 7.02. The van der Waals surface area contributed by atoms with Crippen LogP contribution in [0.4, 0.5) is 0 Å². The summed E-state index contributed by atoms with van der Waals surface area (Å²) in [6, 6.07) is 2.64. The van der Waals surface area contributed by atoms with Crippen molar-refractivity contribution in [1.29, 1.82) is 5.26 Å². The lowest BCUT2D eigenvalue weighted by Crippen LogP contribution is -2.21. The Morgan fingerprint density at radius 2 is 2.31 bits per heavy atom. The molecule has 0 spiro atoms. The van der Waals surface area contributed by atoms with Gasteiger partial charge in [-0.3, -0.25) is 0 Å². The van der Waals surface area contributed by atoms with E-state index in [0.717, 1.165) is 31.6 Å². The van der Waals surface area contributed by atoms with Gasteiger partial charge in [-0.1, -0.05) is 13.8 Å². The van der Waals surface area contributed by atoms with Crippen LogP contribution < -0.4 is 5.32 Å². The fraction of sp³-hybridized carbons (Fsp3) is 0.667. The number of unbranched alkanes of at least 4 members (excludes halogenated alkanes) is 2. The molecule has 1 N–H and O–H groups in total. The highest BCUT2D eigenvalue weighted by Crippen LogP contribution is 2.01. The summed E-state index contributed by atoms with van der Waals surface area (Å²) >= 11 is 0. The van der Waals surface area contributed by atoms with E-state index in [9.17, 15) is 0 Å². The molecule has 4 heteroatoms. The molecule has 1 aromatic heterocycles.